The van der Waals surface area contributed by atoms with Gasteiger partial charge in [0.05, 0.1) is 12.5 Å². The molecule has 0 spiro atoms. The van der Waals surface area contributed by atoms with Gasteiger partial charge in [-0.3, -0.25) is 4.79 Å². The van der Waals surface area contributed by atoms with E-state index < -0.39 is 23.7 Å². The number of carbonyl (C=O) groups is 2. The Morgan fingerprint density at radius 1 is 1.38 bits per heavy atom. The number of aryl methyl sites for hydroxylation is 1. The smallest absolute Gasteiger partial charge is 0.408 e. The van der Waals surface area contributed by atoms with Gasteiger partial charge in [-0.25, -0.2) is 9.18 Å². The number of hydrogen-bond donors (Lipinski definition) is 2. The SMILES string of the molecule is Cc1cc([C@H](CC(=O)O)NC(=O)OC(C)(C)C)ccc1F. The van der Waals surface area contributed by atoms with E-state index in [0.717, 1.165) is 0 Å². The highest BCUT2D eigenvalue weighted by Crippen LogP contribution is 2.20. The molecule has 1 amide bonds. The first-order valence-corrected chi connectivity index (χ1v) is 6.56. The van der Waals surface area contributed by atoms with E-state index in [1.54, 1.807) is 27.7 Å². The molecule has 1 aromatic rings. The summed E-state index contributed by atoms with van der Waals surface area (Å²) >= 11 is 0. The van der Waals surface area contributed by atoms with Crippen LogP contribution in [0.2, 0.25) is 0 Å². The summed E-state index contributed by atoms with van der Waals surface area (Å²) in [4.78, 5) is 22.7. The number of alkyl carbamates (subject to hydrolysis) is 1. The fraction of sp³-hybridized carbons (Fsp3) is 0.467. The third kappa shape index (κ3) is 5.81. The van der Waals surface area contributed by atoms with Gasteiger partial charge in [-0.1, -0.05) is 12.1 Å². The van der Waals surface area contributed by atoms with Crippen LogP contribution in [0.3, 0.4) is 0 Å². The number of halogens is 1. The summed E-state index contributed by atoms with van der Waals surface area (Å²) in [7, 11) is 0. The predicted molar refractivity (Wildman–Crippen MR) is 75.5 cm³/mol. The fourth-order valence-corrected chi connectivity index (χ4v) is 1.76. The lowest BCUT2D eigenvalue weighted by molar-refractivity contribution is -0.137. The molecule has 0 bridgehead atoms. The van der Waals surface area contributed by atoms with Crippen molar-refractivity contribution in [1.29, 1.82) is 0 Å². The molecule has 2 N–H and O–H groups in total. The molecule has 0 fully saturated rings. The van der Waals surface area contributed by atoms with Crippen molar-refractivity contribution >= 4 is 12.1 Å². The first kappa shape index (κ1) is 16.9. The van der Waals surface area contributed by atoms with E-state index in [1.807, 2.05) is 0 Å². The Labute approximate surface area is 123 Å². The molecule has 0 radical (unpaired) electrons. The van der Waals surface area contributed by atoms with Crippen molar-refractivity contribution in [2.45, 2.75) is 45.8 Å². The van der Waals surface area contributed by atoms with E-state index in [2.05, 4.69) is 5.32 Å². The van der Waals surface area contributed by atoms with Gasteiger partial charge in [-0.05, 0) is 44.9 Å². The minimum absolute atomic E-state index is 0.315. The summed E-state index contributed by atoms with van der Waals surface area (Å²) in [5.41, 5.74) is 0.215. The minimum Gasteiger partial charge on any atom is -0.481 e. The Balaban J connectivity index is 2.92. The highest BCUT2D eigenvalue weighted by Gasteiger charge is 2.22. The molecule has 0 aliphatic heterocycles. The van der Waals surface area contributed by atoms with Gasteiger partial charge in [0.1, 0.15) is 11.4 Å². The number of carboxylic acid groups (broad SMARTS) is 1. The summed E-state index contributed by atoms with van der Waals surface area (Å²) in [5, 5.41) is 11.5. The fourth-order valence-electron chi connectivity index (χ4n) is 1.76. The molecule has 0 heterocycles. The number of rotatable bonds is 4. The Kier molecular flexibility index (Phi) is 5.29. The summed E-state index contributed by atoms with van der Waals surface area (Å²) in [6.45, 7) is 6.70. The van der Waals surface area contributed by atoms with Crippen molar-refractivity contribution in [3.8, 4) is 0 Å². The number of benzene rings is 1. The number of ether oxygens (including phenoxy) is 1. The van der Waals surface area contributed by atoms with Crippen LogP contribution in [0, 0.1) is 12.7 Å². The maximum atomic E-state index is 13.3. The molecule has 0 saturated heterocycles. The number of nitrogens with one attached hydrogen (secondary N) is 1. The first-order chi connectivity index (χ1) is 9.58. The van der Waals surface area contributed by atoms with Crippen molar-refractivity contribution in [2.75, 3.05) is 0 Å². The molecular weight excluding hydrogens is 277 g/mol. The van der Waals surface area contributed by atoms with Gasteiger partial charge in [0.2, 0.25) is 0 Å². The number of amides is 1. The van der Waals surface area contributed by atoms with Crippen molar-refractivity contribution < 1.29 is 23.8 Å². The highest BCUT2D eigenvalue weighted by molar-refractivity contribution is 5.72. The second kappa shape index (κ2) is 6.56. The van der Waals surface area contributed by atoms with Crippen LogP contribution in [0.25, 0.3) is 0 Å². The van der Waals surface area contributed by atoms with Crippen molar-refractivity contribution in [3.05, 3.63) is 35.1 Å². The maximum Gasteiger partial charge on any atom is 0.408 e. The summed E-state index contributed by atoms with van der Waals surface area (Å²) in [5.74, 6) is -1.46. The van der Waals surface area contributed by atoms with Gasteiger partial charge in [0.15, 0.2) is 0 Å². The predicted octanol–water partition coefficient (Wildman–Crippen LogP) is 3.17. The molecular formula is C15H20FNO4. The van der Waals surface area contributed by atoms with Crippen LogP contribution in [-0.2, 0) is 9.53 Å². The molecule has 1 rings (SSSR count). The lowest BCUT2D eigenvalue weighted by Gasteiger charge is -2.23. The molecule has 116 valence electrons. The Morgan fingerprint density at radius 2 is 2.00 bits per heavy atom. The molecule has 0 saturated carbocycles. The topological polar surface area (TPSA) is 75.6 Å². The highest BCUT2D eigenvalue weighted by atomic mass is 19.1. The number of carboxylic acids is 1. The van der Waals surface area contributed by atoms with Gasteiger partial charge >= 0.3 is 12.1 Å². The lowest BCUT2D eigenvalue weighted by Crippen LogP contribution is -2.35. The third-order valence-electron chi connectivity index (χ3n) is 2.65. The normalized spacial score (nSPS) is 12.6. The van der Waals surface area contributed by atoms with E-state index in [-0.39, 0.29) is 12.2 Å². The summed E-state index contributed by atoms with van der Waals surface area (Å²) in [6, 6.07) is 3.43. The molecule has 5 nitrogen and oxygen atoms in total. The Hall–Kier alpha value is -2.11. The zero-order valence-electron chi connectivity index (χ0n) is 12.6. The number of aliphatic carboxylic acids is 1. The van der Waals surface area contributed by atoms with Crippen LogP contribution in [0.1, 0.15) is 44.4 Å². The van der Waals surface area contributed by atoms with Crippen LogP contribution in [0.15, 0.2) is 18.2 Å². The largest absolute Gasteiger partial charge is 0.481 e. The third-order valence-corrected chi connectivity index (χ3v) is 2.65. The molecule has 0 unspecified atom stereocenters. The first-order valence-electron chi connectivity index (χ1n) is 6.56. The molecule has 0 aliphatic rings. The van der Waals surface area contributed by atoms with Crippen LogP contribution >= 0.6 is 0 Å². The van der Waals surface area contributed by atoms with Crippen LogP contribution in [0.5, 0.6) is 0 Å². The second-order valence-corrected chi connectivity index (χ2v) is 5.81. The molecule has 1 aromatic carbocycles. The van der Waals surface area contributed by atoms with E-state index in [9.17, 15) is 14.0 Å². The average molecular weight is 297 g/mol. The summed E-state index contributed by atoms with van der Waals surface area (Å²) < 4.78 is 18.4. The van der Waals surface area contributed by atoms with Crippen molar-refractivity contribution in [2.24, 2.45) is 0 Å². The Bertz CT molecular complexity index is 537. The standard InChI is InChI=1S/C15H20FNO4/c1-9-7-10(5-6-11(9)16)12(8-13(18)19)17-14(20)21-15(2,3)4/h5-7,12H,8H2,1-4H3,(H,17,20)(H,18,19)/t12-/m0/s1. The molecule has 1 atom stereocenters. The van der Waals surface area contributed by atoms with Gasteiger partial charge < -0.3 is 15.2 Å². The Morgan fingerprint density at radius 3 is 2.48 bits per heavy atom. The summed E-state index contributed by atoms with van der Waals surface area (Å²) in [6.07, 6.45) is -1.03. The van der Waals surface area contributed by atoms with Crippen molar-refractivity contribution in [3.63, 3.8) is 0 Å². The van der Waals surface area contributed by atoms with Gasteiger partial charge in [-0.2, -0.15) is 0 Å². The number of hydrogen-bond acceptors (Lipinski definition) is 3. The van der Waals surface area contributed by atoms with Gasteiger partial charge in [0, 0.05) is 0 Å². The quantitative estimate of drug-likeness (QED) is 0.895. The van der Waals surface area contributed by atoms with Gasteiger partial charge in [-0.15, -0.1) is 0 Å². The zero-order valence-corrected chi connectivity index (χ0v) is 12.6. The van der Waals surface area contributed by atoms with Crippen LogP contribution in [-0.4, -0.2) is 22.8 Å². The molecule has 6 heteroatoms. The average Bonchev–Trinajstić information content (AvgIpc) is 2.28. The second-order valence-electron chi connectivity index (χ2n) is 5.81. The molecule has 21 heavy (non-hydrogen) atoms. The number of carbonyl (C=O) groups excluding carboxylic acids is 1. The zero-order chi connectivity index (χ0) is 16.2. The van der Waals surface area contributed by atoms with E-state index in [4.69, 9.17) is 9.84 Å². The van der Waals surface area contributed by atoms with Crippen molar-refractivity contribution in [1.82, 2.24) is 5.32 Å². The monoisotopic (exact) mass is 297 g/mol. The van der Waals surface area contributed by atoms with E-state index >= 15 is 0 Å². The molecule has 0 aromatic heterocycles. The molecule has 0 aliphatic carbocycles. The maximum absolute atomic E-state index is 13.3. The van der Waals surface area contributed by atoms with E-state index in [0.29, 0.717) is 11.1 Å². The lowest BCUT2D eigenvalue weighted by atomic mass is 10.0. The van der Waals surface area contributed by atoms with E-state index in [1.165, 1.54) is 18.2 Å². The van der Waals surface area contributed by atoms with Crippen LogP contribution in [0.4, 0.5) is 9.18 Å². The minimum atomic E-state index is -1.07. The van der Waals surface area contributed by atoms with Crippen LogP contribution < -0.4 is 5.32 Å². The van der Waals surface area contributed by atoms with Gasteiger partial charge in [0.25, 0.3) is 0 Å².